The van der Waals surface area contributed by atoms with Crippen LogP contribution in [0.2, 0.25) is 5.02 Å². The number of nitrogens with one attached hydrogen (secondary N) is 1. The monoisotopic (exact) mass is 584 g/mol. The number of carboxylic acid groups (broad SMARTS) is 1. The number of amides is 1. The second kappa shape index (κ2) is 10.3. The number of carbonyl (C=O) groups excluding carboxylic acids is 1. The predicted molar refractivity (Wildman–Crippen MR) is 137 cm³/mol. The van der Waals surface area contributed by atoms with Gasteiger partial charge in [-0.25, -0.2) is 4.79 Å². The molecule has 40 heavy (non-hydrogen) atoms. The first kappa shape index (κ1) is 29.3. The minimum atomic E-state index is -4.97. The molecule has 1 fully saturated rings. The molecule has 5 nitrogen and oxygen atoms in total. The number of aliphatic carboxylic acids is 1. The van der Waals surface area contributed by atoms with Crippen molar-refractivity contribution in [2.75, 3.05) is 12.4 Å². The Bertz CT molecular complexity index is 1470. The topological polar surface area (TPSA) is 69.6 Å². The minimum absolute atomic E-state index is 0.000411. The van der Waals surface area contributed by atoms with Crippen LogP contribution in [0, 0.1) is 6.92 Å². The van der Waals surface area contributed by atoms with Crippen molar-refractivity contribution in [2.45, 2.75) is 43.7 Å². The van der Waals surface area contributed by atoms with Crippen LogP contribution in [0.3, 0.4) is 0 Å². The molecule has 12 heteroatoms. The van der Waals surface area contributed by atoms with E-state index in [1.807, 2.05) is 0 Å². The molecule has 1 aliphatic rings. The zero-order valence-corrected chi connectivity index (χ0v) is 21.9. The Morgan fingerprint density at radius 3 is 2.17 bits per heavy atom. The lowest BCUT2D eigenvalue weighted by molar-refractivity contribution is -0.144. The summed E-state index contributed by atoms with van der Waals surface area (Å²) in [5, 5.41) is 12.1. The van der Waals surface area contributed by atoms with Crippen LogP contribution in [-0.2, 0) is 11.0 Å². The molecule has 3 aromatic rings. The van der Waals surface area contributed by atoms with E-state index in [1.165, 1.54) is 48.5 Å². The summed E-state index contributed by atoms with van der Waals surface area (Å²) >= 11 is 5.95. The van der Waals surface area contributed by atoms with Crippen molar-refractivity contribution in [3.05, 3.63) is 87.9 Å². The lowest BCUT2D eigenvalue weighted by atomic mass is 9.97. The Hall–Kier alpha value is -3.73. The summed E-state index contributed by atoms with van der Waals surface area (Å²) in [5.74, 6) is -2.40. The molecule has 0 radical (unpaired) electrons. The van der Waals surface area contributed by atoms with Gasteiger partial charge in [0.15, 0.2) is 0 Å². The maximum absolute atomic E-state index is 14.0. The van der Waals surface area contributed by atoms with E-state index in [4.69, 9.17) is 11.6 Å². The zero-order valence-electron chi connectivity index (χ0n) is 21.1. The zero-order chi connectivity index (χ0) is 29.6. The standard InChI is InChI=1S/C28H23ClF6N2O3/c1-15-12-18(7-9-22(15)29)23(28(33,34)35)36-19-5-3-4-16(13-19)17-6-8-20(21(14-17)27(30,31)32)24(38)37(2)26(10-11-26)25(39)40/h3-9,12-14,23,36H,10-11H2,1-2H3,(H,39,40). The van der Waals surface area contributed by atoms with E-state index in [0.29, 0.717) is 10.6 Å². The number of hydrogen-bond acceptors (Lipinski definition) is 3. The number of carbonyl (C=O) groups is 2. The normalized spacial score (nSPS) is 15.3. The van der Waals surface area contributed by atoms with E-state index in [1.54, 1.807) is 6.92 Å². The van der Waals surface area contributed by atoms with Crippen molar-refractivity contribution >= 4 is 29.2 Å². The van der Waals surface area contributed by atoms with Crippen molar-refractivity contribution < 1.29 is 41.0 Å². The molecule has 0 spiro atoms. The van der Waals surface area contributed by atoms with Crippen LogP contribution in [0.5, 0.6) is 0 Å². The van der Waals surface area contributed by atoms with E-state index in [-0.39, 0.29) is 35.2 Å². The quantitative estimate of drug-likeness (QED) is 0.279. The van der Waals surface area contributed by atoms with Crippen LogP contribution in [0.25, 0.3) is 11.1 Å². The van der Waals surface area contributed by atoms with Crippen LogP contribution in [0.15, 0.2) is 60.7 Å². The summed E-state index contributed by atoms with van der Waals surface area (Å²) in [6.07, 6.45) is -9.43. The molecule has 1 atom stereocenters. The Labute approximate surface area is 230 Å². The number of carboxylic acids is 1. The van der Waals surface area contributed by atoms with E-state index in [9.17, 15) is 41.0 Å². The Morgan fingerprint density at radius 1 is 0.975 bits per heavy atom. The molecule has 4 rings (SSSR count). The molecule has 1 aliphatic carbocycles. The summed E-state index contributed by atoms with van der Waals surface area (Å²) in [6, 6.07) is 10.1. The molecule has 1 amide bonds. The second-order valence-electron chi connectivity index (χ2n) is 9.67. The summed E-state index contributed by atoms with van der Waals surface area (Å²) in [6.45, 7) is 1.57. The first-order chi connectivity index (χ1) is 18.5. The highest BCUT2D eigenvalue weighted by molar-refractivity contribution is 6.31. The largest absolute Gasteiger partial charge is 0.479 e. The highest BCUT2D eigenvalue weighted by atomic mass is 35.5. The summed E-state index contributed by atoms with van der Waals surface area (Å²) in [4.78, 5) is 25.3. The van der Waals surface area contributed by atoms with Gasteiger partial charge in [-0.05, 0) is 72.4 Å². The Balaban J connectivity index is 1.69. The van der Waals surface area contributed by atoms with Gasteiger partial charge in [-0.3, -0.25) is 4.79 Å². The molecule has 0 bridgehead atoms. The van der Waals surface area contributed by atoms with Gasteiger partial charge in [0.25, 0.3) is 5.91 Å². The maximum Gasteiger partial charge on any atom is 0.417 e. The average Bonchev–Trinajstić information content (AvgIpc) is 3.69. The molecule has 0 aliphatic heterocycles. The summed E-state index contributed by atoms with van der Waals surface area (Å²) in [5.41, 5.74) is -3.04. The number of benzene rings is 3. The van der Waals surface area contributed by atoms with Gasteiger partial charge in [-0.15, -0.1) is 0 Å². The predicted octanol–water partition coefficient (Wildman–Crippen LogP) is 7.74. The van der Waals surface area contributed by atoms with Gasteiger partial charge in [-0.2, -0.15) is 26.3 Å². The molecule has 1 unspecified atom stereocenters. The number of nitrogens with zero attached hydrogens (tertiary/aromatic N) is 1. The van der Waals surface area contributed by atoms with Crippen molar-refractivity contribution in [1.82, 2.24) is 4.90 Å². The van der Waals surface area contributed by atoms with Gasteiger partial charge in [-0.1, -0.05) is 41.9 Å². The van der Waals surface area contributed by atoms with E-state index < -0.39 is 46.9 Å². The van der Waals surface area contributed by atoms with Crippen LogP contribution in [0.4, 0.5) is 32.0 Å². The van der Waals surface area contributed by atoms with Crippen LogP contribution in [0.1, 0.15) is 45.9 Å². The second-order valence-corrected chi connectivity index (χ2v) is 10.1. The maximum atomic E-state index is 14.0. The van der Waals surface area contributed by atoms with Gasteiger partial charge >= 0.3 is 18.3 Å². The Morgan fingerprint density at radius 2 is 1.62 bits per heavy atom. The first-order valence-corrected chi connectivity index (χ1v) is 12.3. The highest BCUT2D eigenvalue weighted by Crippen LogP contribution is 2.43. The van der Waals surface area contributed by atoms with Gasteiger partial charge in [0.2, 0.25) is 0 Å². The fourth-order valence-corrected chi connectivity index (χ4v) is 4.61. The number of likely N-dealkylation sites (N-methyl/N-ethyl adjacent to an activating group) is 1. The van der Waals surface area contributed by atoms with Gasteiger partial charge in [0.05, 0.1) is 11.1 Å². The molecular weight excluding hydrogens is 562 g/mol. The van der Waals surface area contributed by atoms with E-state index >= 15 is 0 Å². The smallest absolute Gasteiger partial charge is 0.417 e. The molecule has 1 saturated carbocycles. The third-order valence-corrected chi connectivity index (χ3v) is 7.40. The van der Waals surface area contributed by atoms with E-state index in [0.717, 1.165) is 24.1 Å². The van der Waals surface area contributed by atoms with Gasteiger partial charge < -0.3 is 15.3 Å². The summed E-state index contributed by atoms with van der Waals surface area (Å²) < 4.78 is 84.0. The highest BCUT2D eigenvalue weighted by Gasteiger charge is 2.56. The minimum Gasteiger partial charge on any atom is -0.479 e. The number of alkyl halides is 6. The average molecular weight is 585 g/mol. The molecule has 212 valence electrons. The fourth-order valence-electron chi connectivity index (χ4n) is 4.49. The fraction of sp³-hybridized carbons (Fsp3) is 0.286. The lowest BCUT2D eigenvalue weighted by Crippen LogP contribution is -2.45. The van der Waals surface area contributed by atoms with E-state index in [2.05, 4.69) is 5.32 Å². The number of hydrogen-bond donors (Lipinski definition) is 2. The summed E-state index contributed by atoms with van der Waals surface area (Å²) in [7, 11) is 1.14. The number of anilines is 1. The number of aryl methyl sites for hydroxylation is 1. The lowest BCUT2D eigenvalue weighted by Gasteiger charge is -2.26. The molecular formula is C28H23ClF6N2O3. The molecule has 2 N–H and O–H groups in total. The number of rotatable bonds is 7. The Kier molecular flexibility index (Phi) is 7.57. The van der Waals surface area contributed by atoms with Crippen LogP contribution >= 0.6 is 11.6 Å². The molecule has 0 heterocycles. The SMILES string of the molecule is Cc1cc(C(Nc2cccc(-c3ccc(C(=O)N(C)C4(C(=O)O)CC4)c(C(F)(F)F)c3)c2)C(F)(F)F)ccc1Cl. The first-order valence-electron chi connectivity index (χ1n) is 12.0. The molecule has 3 aromatic carbocycles. The van der Waals surface area contributed by atoms with Crippen molar-refractivity contribution in [3.8, 4) is 11.1 Å². The number of halogens is 7. The third kappa shape index (κ3) is 5.74. The van der Waals surface area contributed by atoms with Crippen LogP contribution in [-0.4, -0.2) is 40.6 Å². The van der Waals surface area contributed by atoms with Crippen molar-refractivity contribution in [3.63, 3.8) is 0 Å². The van der Waals surface area contributed by atoms with Crippen LogP contribution < -0.4 is 5.32 Å². The van der Waals surface area contributed by atoms with Crippen molar-refractivity contribution in [2.24, 2.45) is 0 Å². The molecule has 0 aromatic heterocycles. The molecule has 0 saturated heterocycles. The van der Waals surface area contributed by atoms with Crippen molar-refractivity contribution in [1.29, 1.82) is 0 Å². The van der Waals surface area contributed by atoms with Gasteiger partial charge in [0.1, 0.15) is 11.6 Å². The third-order valence-electron chi connectivity index (χ3n) is 6.97. The van der Waals surface area contributed by atoms with Gasteiger partial charge in [0, 0.05) is 17.8 Å².